The summed E-state index contributed by atoms with van der Waals surface area (Å²) >= 11 is 0. The highest BCUT2D eigenvalue weighted by Crippen LogP contribution is 2.01. The number of ketones is 1. The van der Waals surface area contributed by atoms with Crippen LogP contribution in [0, 0.1) is 0 Å². The van der Waals surface area contributed by atoms with Crippen molar-refractivity contribution in [3.05, 3.63) is 54.1 Å². The zero-order valence-corrected chi connectivity index (χ0v) is 9.73. The molecule has 16 heavy (non-hydrogen) atoms. The van der Waals surface area contributed by atoms with Crippen molar-refractivity contribution in [1.29, 1.82) is 0 Å². The summed E-state index contributed by atoms with van der Waals surface area (Å²) in [5.41, 5.74) is 1.05. The van der Waals surface area contributed by atoms with Crippen LogP contribution in [0.4, 0.5) is 0 Å². The topological polar surface area (TPSA) is 17.1 Å². The maximum Gasteiger partial charge on any atom is 0.178 e. The van der Waals surface area contributed by atoms with Crippen molar-refractivity contribution in [2.24, 2.45) is 0 Å². The molecule has 1 rings (SSSR count). The molecule has 0 amide bonds. The van der Waals surface area contributed by atoms with Gasteiger partial charge in [0.25, 0.3) is 0 Å². The Balaban J connectivity index is 2.40. The lowest BCUT2D eigenvalue weighted by Gasteiger charge is -1.90. The van der Waals surface area contributed by atoms with Gasteiger partial charge in [-0.2, -0.15) is 0 Å². The summed E-state index contributed by atoms with van der Waals surface area (Å²) in [6.45, 7) is 2.14. The van der Waals surface area contributed by atoms with Crippen LogP contribution in [0.25, 0.3) is 6.08 Å². The fourth-order valence-electron chi connectivity index (χ4n) is 1.32. The van der Waals surface area contributed by atoms with Crippen LogP contribution in [0.3, 0.4) is 0 Å². The first-order valence-corrected chi connectivity index (χ1v) is 5.76. The van der Waals surface area contributed by atoms with Crippen molar-refractivity contribution in [3.8, 4) is 0 Å². The molecule has 0 unspecified atom stereocenters. The SMILES string of the molecule is CCCC/C=C\C(=O)/C=C/c1ccccc1. The fraction of sp³-hybridized carbons (Fsp3) is 0.267. The monoisotopic (exact) mass is 214 g/mol. The Kier molecular flexibility index (Phi) is 5.94. The van der Waals surface area contributed by atoms with Gasteiger partial charge in [0.15, 0.2) is 5.78 Å². The summed E-state index contributed by atoms with van der Waals surface area (Å²) in [4.78, 5) is 11.4. The number of carbonyl (C=O) groups is 1. The Bertz CT molecular complexity index is 360. The molecule has 0 N–H and O–H groups in total. The number of carbonyl (C=O) groups excluding carboxylic acids is 1. The summed E-state index contributed by atoms with van der Waals surface area (Å²) in [6, 6.07) is 9.83. The van der Waals surface area contributed by atoms with E-state index >= 15 is 0 Å². The summed E-state index contributed by atoms with van der Waals surface area (Å²) in [7, 11) is 0. The van der Waals surface area contributed by atoms with Crippen LogP contribution in [0.2, 0.25) is 0 Å². The molecule has 0 aliphatic carbocycles. The van der Waals surface area contributed by atoms with Crippen LogP contribution in [0.15, 0.2) is 48.6 Å². The highest BCUT2D eigenvalue weighted by Gasteiger charge is 1.89. The number of benzene rings is 1. The molecule has 0 atom stereocenters. The average molecular weight is 214 g/mol. The number of hydrogen-bond donors (Lipinski definition) is 0. The first-order valence-electron chi connectivity index (χ1n) is 5.76. The molecule has 0 bridgehead atoms. The molecule has 0 fully saturated rings. The third kappa shape index (κ3) is 5.30. The molecule has 0 saturated carbocycles. The van der Waals surface area contributed by atoms with Crippen LogP contribution < -0.4 is 0 Å². The molecule has 0 radical (unpaired) electrons. The van der Waals surface area contributed by atoms with Crippen LogP contribution in [-0.4, -0.2) is 5.78 Å². The van der Waals surface area contributed by atoms with E-state index in [0.29, 0.717) is 0 Å². The van der Waals surface area contributed by atoms with E-state index in [1.54, 1.807) is 12.2 Å². The molecule has 0 heterocycles. The molecule has 1 heteroatoms. The Labute approximate surface area is 97.5 Å². The molecule has 1 aromatic carbocycles. The number of allylic oxidation sites excluding steroid dienone is 3. The van der Waals surface area contributed by atoms with Crippen LogP contribution in [0.1, 0.15) is 31.7 Å². The maximum absolute atomic E-state index is 11.4. The van der Waals surface area contributed by atoms with Gasteiger partial charge in [0.05, 0.1) is 0 Å². The smallest absolute Gasteiger partial charge is 0.178 e. The van der Waals surface area contributed by atoms with E-state index < -0.39 is 0 Å². The van der Waals surface area contributed by atoms with Crippen LogP contribution in [0.5, 0.6) is 0 Å². The van der Waals surface area contributed by atoms with E-state index in [1.807, 2.05) is 42.5 Å². The minimum atomic E-state index is 0.0555. The predicted octanol–water partition coefficient (Wildman–Crippen LogP) is 4.02. The molecule has 0 aliphatic rings. The third-order valence-electron chi connectivity index (χ3n) is 2.25. The van der Waals surface area contributed by atoms with Gasteiger partial charge in [-0.25, -0.2) is 0 Å². The van der Waals surface area contributed by atoms with E-state index in [0.717, 1.165) is 18.4 Å². The second kappa shape index (κ2) is 7.63. The third-order valence-corrected chi connectivity index (χ3v) is 2.25. The van der Waals surface area contributed by atoms with Crippen molar-refractivity contribution in [2.45, 2.75) is 26.2 Å². The van der Waals surface area contributed by atoms with Gasteiger partial charge in [-0.3, -0.25) is 4.79 Å². The van der Waals surface area contributed by atoms with Gasteiger partial charge in [-0.05, 0) is 24.1 Å². The molecule has 84 valence electrons. The van der Waals surface area contributed by atoms with E-state index in [1.165, 1.54) is 6.42 Å². The van der Waals surface area contributed by atoms with Gasteiger partial charge in [0.2, 0.25) is 0 Å². The quantitative estimate of drug-likeness (QED) is 0.516. The fourth-order valence-corrected chi connectivity index (χ4v) is 1.32. The summed E-state index contributed by atoms with van der Waals surface area (Å²) in [5, 5.41) is 0. The summed E-state index contributed by atoms with van der Waals surface area (Å²) < 4.78 is 0. The Morgan fingerprint density at radius 3 is 2.62 bits per heavy atom. The number of unbranched alkanes of at least 4 members (excludes halogenated alkanes) is 2. The molecule has 1 nitrogen and oxygen atoms in total. The van der Waals surface area contributed by atoms with Crippen molar-refractivity contribution >= 4 is 11.9 Å². The van der Waals surface area contributed by atoms with Crippen LogP contribution in [-0.2, 0) is 4.79 Å². The van der Waals surface area contributed by atoms with E-state index in [9.17, 15) is 4.79 Å². The molecular formula is C15H18O. The van der Waals surface area contributed by atoms with Crippen molar-refractivity contribution in [2.75, 3.05) is 0 Å². The van der Waals surface area contributed by atoms with Crippen molar-refractivity contribution in [1.82, 2.24) is 0 Å². The molecule has 0 spiro atoms. The molecular weight excluding hydrogens is 196 g/mol. The van der Waals surface area contributed by atoms with Crippen molar-refractivity contribution in [3.63, 3.8) is 0 Å². The van der Waals surface area contributed by atoms with E-state index in [4.69, 9.17) is 0 Å². The Hall–Kier alpha value is -1.63. The Morgan fingerprint density at radius 1 is 1.19 bits per heavy atom. The van der Waals surface area contributed by atoms with Gasteiger partial charge in [0, 0.05) is 0 Å². The standard InChI is InChI=1S/C15H18O/c1-2-3-4-8-11-15(16)13-12-14-9-6-5-7-10-14/h5-13H,2-4H2,1H3/b11-8-,13-12+. The van der Waals surface area contributed by atoms with E-state index in [2.05, 4.69) is 6.92 Å². The number of hydrogen-bond acceptors (Lipinski definition) is 1. The molecule has 0 aromatic heterocycles. The lowest BCUT2D eigenvalue weighted by molar-refractivity contribution is -0.110. The largest absolute Gasteiger partial charge is 0.290 e. The minimum Gasteiger partial charge on any atom is -0.290 e. The molecule has 0 saturated heterocycles. The van der Waals surface area contributed by atoms with Crippen molar-refractivity contribution < 1.29 is 4.79 Å². The zero-order valence-electron chi connectivity index (χ0n) is 9.73. The van der Waals surface area contributed by atoms with Gasteiger partial charge < -0.3 is 0 Å². The normalized spacial score (nSPS) is 11.3. The highest BCUT2D eigenvalue weighted by atomic mass is 16.1. The average Bonchev–Trinajstić information content (AvgIpc) is 2.33. The summed E-state index contributed by atoms with van der Waals surface area (Å²) in [5.74, 6) is 0.0555. The van der Waals surface area contributed by atoms with Gasteiger partial charge in [0.1, 0.15) is 0 Å². The first kappa shape index (κ1) is 12.4. The molecule has 0 aliphatic heterocycles. The summed E-state index contributed by atoms with van der Waals surface area (Å²) in [6.07, 6.45) is 10.3. The second-order valence-electron chi connectivity index (χ2n) is 3.69. The van der Waals surface area contributed by atoms with Gasteiger partial charge in [-0.15, -0.1) is 0 Å². The van der Waals surface area contributed by atoms with Gasteiger partial charge in [-0.1, -0.05) is 62.2 Å². The highest BCUT2D eigenvalue weighted by molar-refractivity contribution is 6.01. The maximum atomic E-state index is 11.4. The first-order chi connectivity index (χ1) is 7.83. The zero-order chi connectivity index (χ0) is 11.6. The lowest BCUT2D eigenvalue weighted by atomic mass is 10.2. The Morgan fingerprint density at radius 2 is 1.94 bits per heavy atom. The number of rotatable bonds is 6. The van der Waals surface area contributed by atoms with Crippen LogP contribution >= 0.6 is 0 Å². The molecule has 1 aromatic rings. The minimum absolute atomic E-state index is 0.0555. The van der Waals surface area contributed by atoms with E-state index in [-0.39, 0.29) is 5.78 Å². The lowest BCUT2D eigenvalue weighted by Crippen LogP contribution is -1.84. The second-order valence-corrected chi connectivity index (χ2v) is 3.69. The predicted molar refractivity (Wildman–Crippen MR) is 69.1 cm³/mol. The van der Waals surface area contributed by atoms with Gasteiger partial charge >= 0.3 is 0 Å².